The predicted octanol–water partition coefficient (Wildman–Crippen LogP) is 4.45. The number of rotatable bonds is 2. The molecule has 5 heteroatoms. The van der Waals surface area contributed by atoms with Crippen LogP contribution in [0.3, 0.4) is 0 Å². The number of benzene rings is 2. The van der Waals surface area contributed by atoms with E-state index in [9.17, 15) is 4.79 Å². The number of imidazole rings is 1. The summed E-state index contributed by atoms with van der Waals surface area (Å²) < 4.78 is 2.13. The quantitative estimate of drug-likeness (QED) is 0.569. The lowest BCUT2D eigenvalue weighted by atomic mass is 9.99. The molecule has 0 aliphatic carbocycles. The SMILES string of the molecule is Cc1nc2cnccc2n1-c1ccc(-c2ccc3c(c2)CC(=O)C=CN3)cc1. The fourth-order valence-corrected chi connectivity index (χ4v) is 3.71. The standard InChI is InChI=1S/C23H18N4O/c1-15-26-22-14-24-10-9-23(22)27(15)19-5-2-16(3-6-19)17-4-7-21-18(12-17)13-20(28)8-11-25-21/h2-12,14,25H,13H2,1H3. The van der Waals surface area contributed by atoms with Gasteiger partial charge in [0.2, 0.25) is 0 Å². The topological polar surface area (TPSA) is 59.8 Å². The molecule has 1 N–H and O–H groups in total. The zero-order valence-electron chi connectivity index (χ0n) is 15.4. The van der Waals surface area contributed by atoms with Crippen LogP contribution in [0.2, 0.25) is 0 Å². The van der Waals surface area contributed by atoms with Crippen LogP contribution in [0.5, 0.6) is 0 Å². The summed E-state index contributed by atoms with van der Waals surface area (Å²) in [7, 11) is 0. The summed E-state index contributed by atoms with van der Waals surface area (Å²) in [6.07, 6.45) is 7.28. The van der Waals surface area contributed by atoms with Crippen molar-refractivity contribution in [2.75, 3.05) is 5.32 Å². The highest BCUT2D eigenvalue weighted by Gasteiger charge is 2.12. The number of pyridine rings is 1. The molecular formula is C23H18N4O. The van der Waals surface area contributed by atoms with Crippen molar-refractivity contribution in [2.24, 2.45) is 0 Å². The van der Waals surface area contributed by atoms with Gasteiger partial charge in [-0.15, -0.1) is 0 Å². The largest absolute Gasteiger partial charge is 0.361 e. The van der Waals surface area contributed by atoms with Gasteiger partial charge in [-0.3, -0.25) is 14.3 Å². The minimum absolute atomic E-state index is 0.107. The van der Waals surface area contributed by atoms with Gasteiger partial charge in [0.1, 0.15) is 11.3 Å². The zero-order chi connectivity index (χ0) is 19.1. The first kappa shape index (κ1) is 16.4. The summed E-state index contributed by atoms with van der Waals surface area (Å²) in [5, 5.41) is 3.17. The third kappa shape index (κ3) is 2.77. The van der Waals surface area contributed by atoms with Crippen molar-refractivity contribution in [3.8, 4) is 16.8 Å². The van der Waals surface area contributed by atoms with Crippen LogP contribution < -0.4 is 5.32 Å². The predicted molar refractivity (Wildman–Crippen MR) is 111 cm³/mol. The van der Waals surface area contributed by atoms with E-state index in [1.165, 1.54) is 0 Å². The van der Waals surface area contributed by atoms with Crippen molar-refractivity contribution < 1.29 is 4.79 Å². The number of nitrogens with zero attached hydrogens (tertiary/aromatic N) is 3. The number of hydrogen-bond donors (Lipinski definition) is 1. The maximum absolute atomic E-state index is 11.9. The Morgan fingerprint density at radius 1 is 1.04 bits per heavy atom. The van der Waals surface area contributed by atoms with Gasteiger partial charge < -0.3 is 5.32 Å². The molecule has 136 valence electrons. The smallest absolute Gasteiger partial charge is 0.161 e. The molecule has 5 rings (SSSR count). The van der Waals surface area contributed by atoms with Gasteiger partial charge >= 0.3 is 0 Å². The van der Waals surface area contributed by atoms with Crippen LogP contribution in [0.4, 0.5) is 5.69 Å². The first-order valence-electron chi connectivity index (χ1n) is 9.18. The molecule has 0 radical (unpaired) electrons. The second-order valence-electron chi connectivity index (χ2n) is 6.90. The van der Waals surface area contributed by atoms with Crippen molar-refractivity contribution in [1.29, 1.82) is 0 Å². The third-order valence-corrected chi connectivity index (χ3v) is 5.06. The van der Waals surface area contributed by atoms with Crippen molar-refractivity contribution in [1.82, 2.24) is 14.5 Å². The first-order chi connectivity index (χ1) is 13.7. The molecule has 0 atom stereocenters. The highest BCUT2D eigenvalue weighted by molar-refractivity contribution is 5.94. The summed E-state index contributed by atoms with van der Waals surface area (Å²) in [5.74, 6) is 1.04. The molecule has 1 aliphatic heterocycles. The normalized spacial score (nSPS) is 13.2. The fourth-order valence-electron chi connectivity index (χ4n) is 3.71. The maximum atomic E-state index is 11.9. The summed E-state index contributed by atoms with van der Waals surface area (Å²) >= 11 is 0. The van der Waals surface area contributed by atoms with Crippen LogP contribution >= 0.6 is 0 Å². The van der Waals surface area contributed by atoms with E-state index in [0.29, 0.717) is 6.42 Å². The van der Waals surface area contributed by atoms with Gasteiger partial charge in [-0.25, -0.2) is 4.98 Å². The third-order valence-electron chi connectivity index (χ3n) is 5.06. The Morgan fingerprint density at radius 3 is 2.71 bits per heavy atom. The van der Waals surface area contributed by atoms with Crippen molar-refractivity contribution >= 4 is 22.5 Å². The molecule has 0 saturated carbocycles. The molecule has 0 saturated heterocycles. The van der Waals surface area contributed by atoms with E-state index in [0.717, 1.165) is 44.9 Å². The first-order valence-corrected chi connectivity index (χ1v) is 9.18. The molecule has 0 bridgehead atoms. The van der Waals surface area contributed by atoms with Gasteiger partial charge in [0, 0.05) is 30.2 Å². The van der Waals surface area contributed by atoms with Gasteiger partial charge in [0.25, 0.3) is 0 Å². The average Bonchev–Trinajstić information content (AvgIpc) is 2.92. The van der Waals surface area contributed by atoms with Crippen LogP contribution in [0.1, 0.15) is 11.4 Å². The van der Waals surface area contributed by atoms with Gasteiger partial charge in [-0.05, 0) is 60.0 Å². The Kier molecular flexibility index (Phi) is 3.79. The lowest BCUT2D eigenvalue weighted by molar-refractivity contribution is -0.114. The van der Waals surface area contributed by atoms with Crippen molar-refractivity contribution in [2.45, 2.75) is 13.3 Å². The Bertz CT molecular complexity index is 1240. The van der Waals surface area contributed by atoms with E-state index in [-0.39, 0.29) is 5.78 Å². The number of nitrogens with one attached hydrogen (secondary N) is 1. The zero-order valence-corrected chi connectivity index (χ0v) is 15.4. The van der Waals surface area contributed by atoms with E-state index in [1.54, 1.807) is 24.7 Å². The minimum atomic E-state index is 0.107. The Balaban J connectivity index is 1.52. The lowest BCUT2D eigenvalue weighted by Gasteiger charge is -2.11. The lowest BCUT2D eigenvalue weighted by Crippen LogP contribution is -1.98. The molecule has 0 fully saturated rings. The maximum Gasteiger partial charge on any atom is 0.161 e. The molecule has 2 aromatic heterocycles. The Hall–Kier alpha value is -3.73. The molecule has 2 aromatic carbocycles. The monoisotopic (exact) mass is 366 g/mol. The number of carbonyl (C=O) groups is 1. The molecule has 5 nitrogen and oxygen atoms in total. The molecule has 0 spiro atoms. The highest BCUT2D eigenvalue weighted by Crippen LogP contribution is 2.29. The summed E-state index contributed by atoms with van der Waals surface area (Å²) in [4.78, 5) is 20.6. The summed E-state index contributed by atoms with van der Waals surface area (Å²) in [6.45, 7) is 2.00. The van der Waals surface area contributed by atoms with Gasteiger partial charge in [0.05, 0.1) is 11.7 Å². The molecular weight excluding hydrogens is 348 g/mol. The van der Waals surface area contributed by atoms with Crippen LogP contribution in [-0.4, -0.2) is 20.3 Å². The molecule has 4 aromatic rings. The van der Waals surface area contributed by atoms with Gasteiger partial charge in [-0.2, -0.15) is 0 Å². The Labute approximate surface area is 162 Å². The van der Waals surface area contributed by atoms with Crippen LogP contribution in [0.15, 0.2) is 73.2 Å². The number of aryl methyl sites for hydroxylation is 1. The summed E-state index contributed by atoms with van der Waals surface area (Å²) in [6, 6.07) is 16.6. The van der Waals surface area contributed by atoms with Crippen LogP contribution in [0.25, 0.3) is 27.8 Å². The number of allylic oxidation sites excluding steroid dienone is 1. The second-order valence-corrected chi connectivity index (χ2v) is 6.90. The number of aromatic nitrogens is 3. The minimum Gasteiger partial charge on any atom is -0.361 e. The number of hydrogen-bond acceptors (Lipinski definition) is 4. The molecule has 0 amide bonds. The highest BCUT2D eigenvalue weighted by atomic mass is 16.1. The van der Waals surface area contributed by atoms with Crippen LogP contribution in [0, 0.1) is 6.92 Å². The van der Waals surface area contributed by atoms with Crippen molar-refractivity contribution in [3.05, 3.63) is 84.6 Å². The van der Waals surface area contributed by atoms with E-state index in [1.807, 2.05) is 19.1 Å². The van der Waals surface area contributed by atoms with Crippen molar-refractivity contribution in [3.63, 3.8) is 0 Å². The van der Waals surface area contributed by atoms with E-state index >= 15 is 0 Å². The number of anilines is 1. The molecule has 0 unspecified atom stereocenters. The Morgan fingerprint density at radius 2 is 1.86 bits per heavy atom. The van der Waals surface area contributed by atoms with Gasteiger partial charge in [-0.1, -0.05) is 18.2 Å². The molecule has 28 heavy (non-hydrogen) atoms. The van der Waals surface area contributed by atoms with Gasteiger partial charge in [0.15, 0.2) is 5.78 Å². The summed E-state index contributed by atoms with van der Waals surface area (Å²) in [5.41, 5.74) is 7.20. The number of carbonyl (C=O) groups excluding carboxylic acids is 1. The second kappa shape index (κ2) is 6.46. The van der Waals surface area contributed by atoms with E-state index in [2.05, 4.69) is 56.3 Å². The molecule has 3 heterocycles. The molecule has 1 aliphatic rings. The number of fused-ring (bicyclic) bond motifs is 2. The fraction of sp³-hybridized carbons (Fsp3) is 0.0870. The van der Waals surface area contributed by atoms with E-state index in [4.69, 9.17) is 0 Å². The number of ketones is 1. The average molecular weight is 366 g/mol. The van der Waals surface area contributed by atoms with Crippen LogP contribution in [-0.2, 0) is 11.2 Å². The van der Waals surface area contributed by atoms with E-state index < -0.39 is 0 Å².